The molecule has 0 radical (unpaired) electrons. The number of morpholine rings is 1. The third-order valence-electron chi connectivity index (χ3n) is 3.44. The maximum Gasteiger partial charge on any atom is 0.418 e. The van der Waals surface area contributed by atoms with E-state index in [1.54, 1.807) is 0 Å². The lowest BCUT2D eigenvalue weighted by Gasteiger charge is -2.27. The van der Waals surface area contributed by atoms with Gasteiger partial charge in [0.2, 0.25) is 6.29 Å². The number of aromatic nitrogens is 1. The van der Waals surface area contributed by atoms with Crippen LogP contribution in [0.2, 0.25) is 0 Å². The smallest absolute Gasteiger partial charge is 0.379 e. The van der Waals surface area contributed by atoms with Gasteiger partial charge < -0.3 is 14.2 Å². The number of rotatable bonds is 5. The molecule has 0 aliphatic carbocycles. The molecule has 1 aliphatic rings. The Labute approximate surface area is 127 Å². The zero-order chi connectivity index (χ0) is 16.2. The standard InChI is InChI=1S/C14H19F3N2O3/c1-20-13(21-2)12-11(14(15,16)17)7-10(8-18-12)9-19-3-5-22-6-4-19/h7-8,13H,3-6,9H2,1-2H3. The van der Waals surface area contributed by atoms with Crippen LogP contribution in [0.15, 0.2) is 12.3 Å². The molecule has 0 spiro atoms. The molecule has 1 aromatic heterocycles. The summed E-state index contributed by atoms with van der Waals surface area (Å²) in [5.74, 6) is 0. The fourth-order valence-electron chi connectivity index (χ4n) is 2.36. The monoisotopic (exact) mass is 320 g/mol. The summed E-state index contributed by atoms with van der Waals surface area (Å²) in [6, 6.07) is 1.11. The second kappa shape index (κ2) is 7.36. The average molecular weight is 320 g/mol. The van der Waals surface area contributed by atoms with E-state index in [1.165, 1.54) is 20.4 Å². The second-order valence-corrected chi connectivity index (χ2v) is 4.97. The molecule has 1 saturated heterocycles. The van der Waals surface area contributed by atoms with Crippen LogP contribution in [0, 0.1) is 0 Å². The van der Waals surface area contributed by atoms with Crippen LogP contribution in [0.25, 0.3) is 0 Å². The van der Waals surface area contributed by atoms with E-state index in [0.29, 0.717) is 38.4 Å². The molecule has 8 heteroatoms. The van der Waals surface area contributed by atoms with Crippen molar-refractivity contribution in [2.24, 2.45) is 0 Å². The zero-order valence-electron chi connectivity index (χ0n) is 12.5. The van der Waals surface area contributed by atoms with Gasteiger partial charge in [-0.15, -0.1) is 0 Å². The molecule has 0 bridgehead atoms. The SMILES string of the molecule is COC(OC)c1ncc(CN2CCOCC2)cc1C(F)(F)F. The van der Waals surface area contributed by atoms with Crippen molar-refractivity contribution < 1.29 is 27.4 Å². The Kier molecular flexibility index (Phi) is 5.74. The van der Waals surface area contributed by atoms with Crippen molar-refractivity contribution in [1.82, 2.24) is 9.88 Å². The Morgan fingerprint density at radius 1 is 1.27 bits per heavy atom. The summed E-state index contributed by atoms with van der Waals surface area (Å²) in [6.07, 6.45) is -4.22. The average Bonchev–Trinajstić information content (AvgIpc) is 2.49. The maximum absolute atomic E-state index is 13.3. The van der Waals surface area contributed by atoms with Crippen LogP contribution in [0.3, 0.4) is 0 Å². The van der Waals surface area contributed by atoms with Crippen molar-refractivity contribution in [1.29, 1.82) is 0 Å². The molecule has 0 N–H and O–H groups in total. The lowest BCUT2D eigenvalue weighted by Crippen LogP contribution is -2.35. The zero-order valence-corrected chi connectivity index (χ0v) is 12.5. The van der Waals surface area contributed by atoms with Crippen LogP contribution in [0.1, 0.15) is 23.1 Å². The topological polar surface area (TPSA) is 43.8 Å². The van der Waals surface area contributed by atoms with Crippen molar-refractivity contribution in [3.8, 4) is 0 Å². The first-order chi connectivity index (χ1) is 10.5. The Balaban J connectivity index is 2.26. The molecular weight excluding hydrogens is 301 g/mol. The highest BCUT2D eigenvalue weighted by Crippen LogP contribution is 2.35. The van der Waals surface area contributed by atoms with Crippen molar-refractivity contribution in [2.75, 3.05) is 40.5 Å². The molecule has 0 aromatic carbocycles. The van der Waals surface area contributed by atoms with Gasteiger partial charge in [-0.3, -0.25) is 9.88 Å². The fraction of sp³-hybridized carbons (Fsp3) is 0.643. The number of ether oxygens (including phenoxy) is 3. The molecule has 0 saturated carbocycles. The second-order valence-electron chi connectivity index (χ2n) is 4.97. The molecule has 2 heterocycles. The minimum Gasteiger partial charge on any atom is -0.379 e. The summed E-state index contributed by atoms with van der Waals surface area (Å²) in [5, 5.41) is 0. The molecule has 5 nitrogen and oxygen atoms in total. The summed E-state index contributed by atoms with van der Waals surface area (Å²) in [5.41, 5.74) is -0.584. The van der Waals surface area contributed by atoms with Crippen LogP contribution in [-0.4, -0.2) is 50.4 Å². The largest absolute Gasteiger partial charge is 0.418 e. The van der Waals surface area contributed by atoms with Crippen LogP contribution >= 0.6 is 0 Å². The first kappa shape index (κ1) is 17.1. The summed E-state index contributed by atoms with van der Waals surface area (Å²) in [7, 11) is 2.55. The van der Waals surface area contributed by atoms with Gasteiger partial charge in [0.15, 0.2) is 0 Å². The van der Waals surface area contributed by atoms with E-state index < -0.39 is 18.0 Å². The maximum atomic E-state index is 13.3. The molecule has 1 fully saturated rings. The molecule has 1 aromatic rings. The summed E-state index contributed by atoms with van der Waals surface area (Å²) >= 11 is 0. The van der Waals surface area contributed by atoms with Gasteiger partial charge in [-0.1, -0.05) is 0 Å². The Morgan fingerprint density at radius 3 is 2.45 bits per heavy atom. The summed E-state index contributed by atoms with van der Waals surface area (Å²) in [4.78, 5) is 5.96. The normalized spacial score (nSPS) is 17.2. The highest BCUT2D eigenvalue weighted by atomic mass is 19.4. The van der Waals surface area contributed by atoms with E-state index in [0.717, 1.165) is 6.07 Å². The van der Waals surface area contributed by atoms with E-state index in [4.69, 9.17) is 14.2 Å². The number of hydrogen-bond donors (Lipinski definition) is 0. The predicted octanol–water partition coefficient (Wildman–Crippen LogP) is 2.22. The van der Waals surface area contributed by atoms with Crippen molar-refractivity contribution in [2.45, 2.75) is 19.0 Å². The molecule has 2 rings (SSSR count). The van der Waals surface area contributed by atoms with E-state index in [1.807, 2.05) is 4.90 Å². The van der Waals surface area contributed by atoms with Crippen LogP contribution in [-0.2, 0) is 26.9 Å². The van der Waals surface area contributed by atoms with Gasteiger partial charge in [0, 0.05) is 40.1 Å². The van der Waals surface area contributed by atoms with E-state index in [2.05, 4.69) is 4.98 Å². The third-order valence-corrected chi connectivity index (χ3v) is 3.44. The number of pyridine rings is 1. The van der Waals surface area contributed by atoms with Crippen LogP contribution in [0.4, 0.5) is 13.2 Å². The van der Waals surface area contributed by atoms with Gasteiger partial charge >= 0.3 is 6.18 Å². The van der Waals surface area contributed by atoms with Gasteiger partial charge in [-0.25, -0.2) is 0 Å². The minimum atomic E-state index is -4.52. The summed E-state index contributed by atoms with van der Waals surface area (Å²) < 4.78 is 54.8. The van der Waals surface area contributed by atoms with Gasteiger partial charge in [0.05, 0.1) is 18.8 Å². The van der Waals surface area contributed by atoms with E-state index in [-0.39, 0.29) is 5.69 Å². The highest BCUT2D eigenvalue weighted by Gasteiger charge is 2.37. The minimum absolute atomic E-state index is 0.261. The van der Waals surface area contributed by atoms with Crippen molar-refractivity contribution in [3.63, 3.8) is 0 Å². The van der Waals surface area contributed by atoms with Crippen molar-refractivity contribution >= 4 is 0 Å². The number of halogens is 3. The Bertz CT molecular complexity index is 487. The molecule has 0 amide bonds. The van der Waals surface area contributed by atoms with Crippen molar-refractivity contribution in [3.05, 3.63) is 29.1 Å². The first-order valence-corrected chi connectivity index (χ1v) is 6.87. The lowest BCUT2D eigenvalue weighted by molar-refractivity contribution is -0.149. The molecule has 124 valence electrons. The van der Waals surface area contributed by atoms with Gasteiger partial charge in [0.1, 0.15) is 5.69 Å². The fourth-order valence-corrected chi connectivity index (χ4v) is 2.36. The van der Waals surface area contributed by atoms with Gasteiger partial charge in [-0.2, -0.15) is 13.2 Å². The molecule has 22 heavy (non-hydrogen) atoms. The number of nitrogens with zero attached hydrogens (tertiary/aromatic N) is 2. The van der Waals surface area contributed by atoms with Crippen LogP contribution in [0.5, 0.6) is 0 Å². The predicted molar refractivity (Wildman–Crippen MR) is 72.1 cm³/mol. The Hall–Kier alpha value is -1.22. The molecule has 0 unspecified atom stereocenters. The van der Waals surface area contributed by atoms with Gasteiger partial charge in [-0.05, 0) is 11.6 Å². The first-order valence-electron chi connectivity index (χ1n) is 6.87. The quantitative estimate of drug-likeness (QED) is 0.779. The Morgan fingerprint density at radius 2 is 1.91 bits per heavy atom. The number of alkyl halides is 3. The molecule has 1 aliphatic heterocycles. The van der Waals surface area contributed by atoms with E-state index >= 15 is 0 Å². The lowest BCUT2D eigenvalue weighted by atomic mass is 10.1. The number of methoxy groups -OCH3 is 2. The summed E-state index contributed by atoms with van der Waals surface area (Å²) in [6.45, 7) is 2.98. The van der Waals surface area contributed by atoms with E-state index in [9.17, 15) is 13.2 Å². The number of hydrogen-bond acceptors (Lipinski definition) is 5. The molecule has 0 atom stereocenters. The van der Waals surface area contributed by atoms with Gasteiger partial charge in [0.25, 0.3) is 0 Å². The van der Waals surface area contributed by atoms with Crippen LogP contribution < -0.4 is 0 Å². The highest BCUT2D eigenvalue weighted by molar-refractivity contribution is 5.29. The third kappa shape index (κ3) is 4.16. The molecular formula is C14H19F3N2O3.